The molecular weight excluding hydrogens is 339 g/mol. The Balaban J connectivity index is 0.00000289. The average Bonchev–Trinajstić information content (AvgIpc) is 2.66. The topological polar surface area (TPSA) is 39.7 Å². The molecule has 4 nitrogen and oxygen atoms in total. The Hall–Kier alpha value is -0.300. The summed E-state index contributed by atoms with van der Waals surface area (Å²) in [5, 5.41) is 6.70. The summed E-state index contributed by atoms with van der Waals surface area (Å²) in [6.45, 7) is 13.5. The summed E-state index contributed by atoms with van der Waals surface area (Å²) in [5.74, 6) is 1.52. The molecule has 0 aromatic rings. The number of hydrogen-bond acceptors (Lipinski definition) is 2. The molecule has 1 aliphatic rings. The average molecular weight is 366 g/mol. The van der Waals surface area contributed by atoms with Crippen LogP contribution in [0.3, 0.4) is 0 Å². The Morgan fingerprint density at radius 3 is 2.61 bits per heavy atom. The highest BCUT2D eigenvalue weighted by Gasteiger charge is 2.31. The van der Waals surface area contributed by atoms with E-state index in [1.54, 1.807) is 7.05 Å². The highest BCUT2D eigenvalue weighted by molar-refractivity contribution is 14.0. The SMILES string of the molecule is C=CCNC(=NC)NC1CN(C(C)C)CC1C.I. The Bertz CT molecular complexity index is 278. The fraction of sp³-hybridized carbons (Fsp3) is 0.769. The van der Waals surface area contributed by atoms with Crippen LogP contribution in [-0.2, 0) is 0 Å². The molecule has 0 bridgehead atoms. The van der Waals surface area contributed by atoms with Gasteiger partial charge in [0.2, 0.25) is 0 Å². The van der Waals surface area contributed by atoms with Gasteiger partial charge in [0.05, 0.1) is 0 Å². The Morgan fingerprint density at radius 2 is 2.17 bits per heavy atom. The molecule has 0 aromatic heterocycles. The molecule has 0 spiro atoms. The van der Waals surface area contributed by atoms with E-state index >= 15 is 0 Å². The molecule has 0 saturated carbocycles. The molecule has 1 fully saturated rings. The van der Waals surface area contributed by atoms with E-state index in [4.69, 9.17) is 0 Å². The van der Waals surface area contributed by atoms with Gasteiger partial charge in [-0.2, -0.15) is 0 Å². The maximum Gasteiger partial charge on any atom is 0.191 e. The van der Waals surface area contributed by atoms with Crippen molar-refractivity contribution in [3.63, 3.8) is 0 Å². The van der Waals surface area contributed by atoms with E-state index in [0.717, 1.165) is 25.6 Å². The number of guanidine groups is 1. The first-order valence-electron chi connectivity index (χ1n) is 6.40. The zero-order valence-electron chi connectivity index (χ0n) is 11.9. The molecule has 0 amide bonds. The summed E-state index contributed by atoms with van der Waals surface area (Å²) >= 11 is 0. The lowest BCUT2D eigenvalue weighted by atomic mass is 10.1. The van der Waals surface area contributed by atoms with Crippen molar-refractivity contribution in [2.75, 3.05) is 26.7 Å². The van der Waals surface area contributed by atoms with Crippen LogP contribution in [0.4, 0.5) is 0 Å². The highest BCUT2D eigenvalue weighted by Crippen LogP contribution is 2.18. The molecule has 1 saturated heterocycles. The van der Waals surface area contributed by atoms with Gasteiger partial charge in [-0.1, -0.05) is 13.0 Å². The van der Waals surface area contributed by atoms with E-state index in [1.807, 2.05) is 6.08 Å². The van der Waals surface area contributed by atoms with E-state index in [0.29, 0.717) is 18.0 Å². The van der Waals surface area contributed by atoms with Crippen molar-refractivity contribution in [2.24, 2.45) is 10.9 Å². The molecule has 1 rings (SSSR count). The van der Waals surface area contributed by atoms with Crippen molar-refractivity contribution in [3.8, 4) is 0 Å². The molecular formula is C13H27IN4. The molecule has 0 aliphatic carbocycles. The van der Waals surface area contributed by atoms with Crippen LogP contribution < -0.4 is 10.6 Å². The van der Waals surface area contributed by atoms with Crippen LogP contribution in [0.1, 0.15) is 20.8 Å². The number of nitrogens with one attached hydrogen (secondary N) is 2. The maximum atomic E-state index is 4.22. The van der Waals surface area contributed by atoms with Crippen LogP contribution >= 0.6 is 24.0 Å². The minimum atomic E-state index is 0. The fourth-order valence-electron chi connectivity index (χ4n) is 2.15. The molecule has 0 radical (unpaired) electrons. The third kappa shape index (κ3) is 5.14. The quantitative estimate of drug-likeness (QED) is 0.344. The summed E-state index contributed by atoms with van der Waals surface area (Å²) in [4.78, 5) is 6.72. The third-order valence-electron chi connectivity index (χ3n) is 3.33. The summed E-state index contributed by atoms with van der Waals surface area (Å²) in [5.41, 5.74) is 0. The molecule has 5 heteroatoms. The molecule has 18 heavy (non-hydrogen) atoms. The number of nitrogens with zero attached hydrogens (tertiary/aromatic N) is 2. The van der Waals surface area contributed by atoms with E-state index < -0.39 is 0 Å². The van der Waals surface area contributed by atoms with E-state index in [1.165, 1.54) is 0 Å². The van der Waals surface area contributed by atoms with Crippen molar-refractivity contribution < 1.29 is 0 Å². The van der Waals surface area contributed by atoms with E-state index in [2.05, 4.69) is 47.9 Å². The zero-order chi connectivity index (χ0) is 12.8. The predicted molar refractivity (Wildman–Crippen MR) is 89.8 cm³/mol. The molecule has 106 valence electrons. The van der Waals surface area contributed by atoms with Crippen LogP contribution in [0.5, 0.6) is 0 Å². The van der Waals surface area contributed by atoms with Crippen LogP contribution in [0.15, 0.2) is 17.6 Å². The number of likely N-dealkylation sites (tertiary alicyclic amines) is 1. The summed E-state index contributed by atoms with van der Waals surface area (Å²) < 4.78 is 0. The Labute approximate surface area is 128 Å². The van der Waals surface area contributed by atoms with Crippen LogP contribution in [0.25, 0.3) is 0 Å². The van der Waals surface area contributed by atoms with Gasteiger partial charge in [-0.05, 0) is 19.8 Å². The van der Waals surface area contributed by atoms with Gasteiger partial charge in [-0.3, -0.25) is 9.89 Å². The van der Waals surface area contributed by atoms with Crippen molar-refractivity contribution >= 4 is 29.9 Å². The second kappa shape index (κ2) is 8.74. The van der Waals surface area contributed by atoms with Gasteiger partial charge in [0, 0.05) is 38.8 Å². The third-order valence-corrected chi connectivity index (χ3v) is 3.33. The number of aliphatic imine (C=N–C) groups is 1. The molecule has 2 atom stereocenters. The minimum absolute atomic E-state index is 0. The predicted octanol–water partition coefficient (Wildman–Crippen LogP) is 1.68. The molecule has 2 unspecified atom stereocenters. The maximum absolute atomic E-state index is 4.22. The Kier molecular flexibility index (Phi) is 8.60. The minimum Gasteiger partial charge on any atom is -0.353 e. The lowest BCUT2D eigenvalue weighted by Crippen LogP contribution is -2.46. The summed E-state index contributed by atoms with van der Waals surface area (Å²) in [6, 6.07) is 1.10. The standard InChI is InChI=1S/C13H26N4.HI/c1-6-7-15-13(14-5)16-12-9-17(10(2)3)8-11(12)4;/h6,10-12H,1,7-9H2,2-5H3,(H2,14,15,16);1H. The highest BCUT2D eigenvalue weighted by atomic mass is 127. The second-order valence-corrected chi connectivity index (χ2v) is 5.02. The van der Waals surface area contributed by atoms with Gasteiger partial charge < -0.3 is 10.6 Å². The van der Waals surface area contributed by atoms with Gasteiger partial charge in [0.1, 0.15) is 0 Å². The smallest absolute Gasteiger partial charge is 0.191 e. The second-order valence-electron chi connectivity index (χ2n) is 5.02. The molecule has 2 N–H and O–H groups in total. The summed E-state index contributed by atoms with van der Waals surface area (Å²) in [6.07, 6.45) is 1.84. The van der Waals surface area contributed by atoms with Crippen LogP contribution in [0.2, 0.25) is 0 Å². The number of hydrogen-bond donors (Lipinski definition) is 2. The van der Waals surface area contributed by atoms with Gasteiger partial charge in [-0.15, -0.1) is 30.6 Å². The number of rotatable bonds is 4. The van der Waals surface area contributed by atoms with Crippen molar-refractivity contribution in [1.29, 1.82) is 0 Å². The van der Waals surface area contributed by atoms with Gasteiger partial charge >= 0.3 is 0 Å². The fourth-order valence-corrected chi connectivity index (χ4v) is 2.15. The summed E-state index contributed by atoms with van der Waals surface area (Å²) in [7, 11) is 1.80. The molecule has 1 heterocycles. The first-order valence-corrected chi connectivity index (χ1v) is 6.40. The van der Waals surface area contributed by atoms with Crippen molar-refractivity contribution in [2.45, 2.75) is 32.9 Å². The lowest BCUT2D eigenvalue weighted by molar-refractivity contribution is 0.265. The van der Waals surface area contributed by atoms with E-state index in [9.17, 15) is 0 Å². The zero-order valence-corrected chi connectivity index (χ0v) is 14.3. The normalized spacial score (nSPS) is 24.8. The van der Waals surface area contributed by atoms with Gasteiger partial charge in [0.25, 0.3) is 0 Å². The van der Waals surface area contributed by atoms with Gasteiger partial charge in [0.15, 0.2) is 5.96 Å². The Morgan fingerprint density at radius 1 is 1.50 bits per heavy atom. The molecule has 0 aromatic carbocycles. The van der Waals surface area contributed by atoms with Crippen molar-refractivity contribution in [1.82, 2.24) is 15.5 Å². The first-order chi connectivity index (χ1) is 8.08. The monoisotopic (exact) mass is 366 g/mol. The van der Waals surface area contributed by atoms with Crippen LogP contribution in [-0.4, -0.2) is 49.6 Å². The number of halogens is 1. The first kappa shape index (κ1) is 17.7. The van der Waals surface area contributed by atoms with Crippen LogP contribution in [0, 0.1) is 5.92 Å². The largest absolute Gasteiger partial charge is 0.353 e. The van der Waals surface area contributed by atoms with Crippen molar-refractivity contribution in [3.05, 3.63) is 12.7 Å². The molecule has 1 aliphatic heterocycles. The van der Waals surface area contributed by atoms with Gasteiger partial charge in [-0.25, -0.2) is 0 Å². The lowest BCUT2D eigenvalue weighted by Gasteiger charge is -2.21. The van der Waals surface area contributed by atoms with E-state index in [-0.39, 0.29) is 24.0 Å².